The number of aliphatic hydroxyl groups excluding tert-OH is 1. The molecule has 4 atom stereocenters. The number of hydrogen-bond acceptors (Lipinski definition) is 8. The fourth-order valence-electron chi connectivity index (χ4n) is 4.60. The first kappa shape index (κ1) is 24.4. The van der Waals surface area contributed by atoms with Crippen molar-refractivity contribution in [3.05, 3.63) is 24.3 Å². The molecule has 0 bridgehead atoms. The first-order valence-electron chi connectivity index (χ1n) is 11.3. The van der Waals surface area contributed by atoms with Gasteiger partial charge in [-0.3, -0.25) is 4.79 Å². The maximum Gasteiger partial charge on any atom is 0.243 e. The number of amides is 1. The van der Waals surface area contributed by atoms with Gasteiger partial charge in [0.1, 0.15) is 5.75 Å². The standard InChI is InChI=1S/C22H32N2O8S/c1-29-17-3-2-4-19(11-17)33(27,28)24-13-16(25)14-31-15-21-20(24)6-5-18(32-21)12-22(26)23-7-9-30-10-8-23/h2-4,11,16,18,20-21,25H,5-10,12-15H2,1H3/t16-,18-,20-,21+/m0/s1. The molecule has 0 aliphatic carbocycles. The van der Waals surface area contributed by atoms with Crippen molar-refractivity contribution in [2.75, 3.05) is 53.2 Å². The van der Waals surface area contributed by atoms with E-state index in [0.29, 0.717) is 44.9 Å². The Hall–Kier alpha value is -1.76. The lowest BCUT2D eigenvalue weighted by Crippen LogP contribution is -2.57. The van der Waals surface area contributed by atoms with Crippen molar-refractivity contribution in [2.24, 2.45) is 0 Å². The lowest BCUT2D eigenvalue weighted by Gasteiger charge is -2.43. The second kappa shape index (κ2) is 10.7. The molecule has 3 fully saturated rings. The van der Waals surface area contributed by atoms with Gasteiger partial charge in [-0.15, -0.1) is 0 Å². The molecule has 10 nitrogen and oxygen atoms in total. The Morgan fingerprint density at radius 3 is 2.73 bits per heavy atom. The summed E-state index contributed by atoms with van der Waals surface area (Å²) in [6.07, 6.45) is -0.506. The first-order valence-corrected chi connectivity index (χ1v) is 12.7. The van der Waals surface area contributed by atoms with E-state index in [0.717, 1.165) is 0 Å². The number of carbonyl (C=O) groups is 1. The highest BCUT2D eigenvalue weighted by molar-refractivity contribution is 7.89. The first-order chi connectivity index (χ1) is 15.9. The number of rotatable bonds is 5. The third-order valence-electron chi connectivity index (χ3n) is 6.35. The summed E-state index contributed by atoms with van der Waals surface area (Å²) in [5, 5.41) is 10.3. The summed E-state index contributed by atoms with van der Waals surface area (Å²) in [5.74, 6) is 0.454. The zero-order valence-electron chi connectivity index (χ0n) is 18.8. The summed E-state index contributed by atoms with van der Waals surface area (Å²) >= 11 is 0. The zero-order valence-corrected chi connectivity index (χ0v) is 19.6. The van der Waals surface area contributed by atoms with Gasteiger partial charge < -0.3 is 29.0 Å². The molecular weight excluding hydrogens is 452 g/mol. The SMILES string of the molecule is COc1cccc(S(=O)(=O)N2C[C@H](O)COC[C@H]3O[C@H](CC(=O)N4CCOCC4)CC[C@@H]32)c1. The van der Waals surface area contributed by atoms with E-state index in [1.807, 2.05) is 0 Å². The van der Waals surface area contributed by atoms with Crippen molar-refractivity contribution < 1.29 is 37.3 Å². The molecule has 0 unspecified atom stereocenters. The van der Waals surface area contributed by atoms with Crippen LogP contribution in [0.3, 0.4) is 0 Å². The average Bonchev–Trinajstić information content (AvgIpc) is 2.82. The second-order valence-corrected chi connectivity index (χ2v) is 10.5. The summed E-state index contributed by atoms with van der Waals surface area (Å²) in [4.78, 5) is 14.5. The maximum absolute atomic E-state index is 13.6. The molecule has 1 aromatic rings. The number of methoxy groups -OCH3 is 1. The van der Waals surface area contributed by atoms with Crippen LogP contribution in [0, 0.1) is 0 Å². The number of nitrogens with zero attached hydrogens (tertiary/aromatic N) is 2. The molecule has 1 amide bonds. The Morgan fingerprint density at radius 1 is 1.18 bits per heavy atom. The highest BCUT2D eigenvalue weighted by Gasteiger charge is 2.43. The molecule has 4 rings (SSSR count). The number of benzene rings is 1. The van der Waals surface area contributed by atoms with Gasteiger partial charge in [-0.2, -0.15) is 4.31 Å². The van der Waals surface area contributed by atoms with Gasteiger partial charge >= 0.3 is 0 Å². The Morgan fingerprint density at radius 2 is 1.97 bits per heavy atom. The Kier molecular flexibility index (Phi) is 7.87. The Bertz CT molecular complexity index is 921. The van der Waals surface area contributed by atoms with Gasteiger partial charge in [0.05, 0.1) is 69.2 Å². The van der Waals surface area contributed by atoms with Gasteiger partial charge in [-0.1, -0.05) is 6.07 Å². The van der Waals surface area contributed by atoms with E-state index in [-0.39, 0.29) is 43.1 Å². The van der Waals surface area contributed by atoms with Gasteiger partial charge in [0.15, 0.2) is 0 Å². The van der Waals surface area contributed by atoms with E-state index in [1.54, 1.807) is 17.0 Å². The Labute approximate surface area is 194 Å². The van der Waals surface area contributed by atoms with Crippen molar-refractivity contribution in [2.45, 2.75) is 48.5 Å². The third kappa shape index (κ3) is 5.67. The number of β-amino-alcohol motifs (C(OH)–C–C–N with tert-alkyl or cyclic N) is 1. The molecule has 33 heavy (non-hydrogen) atoms. The fraction of sp³-hybridized carbons (Fsp3) is 0.682. The van der Waals surface area contributed by atoms with Crippen molar-refractivity contribution in [3.63, 3.8) is 0 Å². The minimum absolute atomic E-state index is 0.00802. The topological polar surface area (TPSA) is 115 Å². The van der Waals surface area contributed by atoms with Crippen molar-refractivity contribution in [1.82, 2.24) is 9.21 Å². The van der Waals surface area contributed by atoms with Crippen LogP contribution in [-0.4, -0.2) is 106 Å². The normalized spacial score (nSPS) is 29.6. The molecule has 3 heterocycles. The minimum atomic E-state index is -3.93. The van der Waals surface area contributed by atoms with E-state index in [2.05, 4.69) is 0 Å². The molecule has 0 aromatic heterocycles. The number of fused-ring (bicyclic) bond motifs is 1. The van der Waals surface area contributed by atoms with Crippen LogP contribution in [0.2, 0.25) is 0 Å². The molecule has 0 saturated carbocycles. The van der Waals surface area contributed by atoms with Gasteiger partial charge in [-0.25, -0.2) is 8.42 Å². The Balaban J connectivity index is 1.51. The lowest BCUT2D eigenvalue weighted by atomic mass is 9.96. The predicted octanol–water partition coefficient (Wildman–Crippen LogP) is 0.242. The smallest absolute Gasteiger partial charge is 0.243 e. The minimum Gasteiger partial charge on any atom is -0.497 e. The molecule has 3 aliphatic heterocycles. The number of morpholine rings is 1. The number of aliphatic hydroxyl groups is 1. The monoisotopic (exact) mass is 484 g/mol. The number of hydrogen-bond donors (Lipinski definition) is 1. The number of ether oxygens (including phenoxy) is 4. The van der Waals surface area contributed by atoms with Crippen LogP contribution in [0.15, 0.2) is 29.2 Å². The van der Waals surface area contributed by atoms with Crippen molar-refractivity contribution in [3.8, 4) is 5.75 Å². The summed E-state index contributed by atoms with van der Waals surface area (Å²) in [7, 11) is -2.45. The molecule has 1 N–H and O–H groups in total. The molecule has 0 spiro atoms. The molecule has 1 aromatic carbocycles. The lowest BCUT2D eigenvalue weighted by molar-refractivity contribution is -0.153. The van der Waals surface area contributed by atoms with E-state index >= 15 is 0 Å². The predicted molar refractivity (Wildman–Crippen MR) is 117 cm³/mol. The van der Waals surface area contributed by atoms with Crippen LogP contribution in [-0.2, 0) is 29.0 Å². The van der Waals surface area contributed by atoms with Gasteiger partial charge in [0, 0.05) is 25.7 Å². The second-order valence-electron chi connectivity index (χ2n) is 8.58. The molecule has 184 valence electrons. The van der Waals surface area contributed by atoms with Crippen LogP contribution in [0.5, 0.6) is 5.75 Å². The molecule has 3 aliphatic rings. The largest absolute Gasteiger partial charge is 0.497 e. The number of carbonyl (C=O) groups excluding carboxylic acids is 1. The van der Waals surface area contributed by atoms with Crippen molar-refractivity contribution >= 4 is 15.9 Å². The highest BCUT2D eigenvalue weighted by atomic mass is 32.2. The van der Waals surface area contributed by atoms with Gasteiger partial charge in [0.25, 0.3) is 0 Å². The van der Waals surface area contributed by atoms with Crippen molar-refractivity contribution in [1.29, 1.82) is 0 Å². The highest BCUT2D eigenvalue weighted by Crippen LogP contribution is 2.32. The number of sulfonamides is 1. The third-order valence-corrected chi connectivity index (χ3v) is 8.23. The van der Waals surface area contributed by atoms with Gasteiger partial charge in [-0.05, 0) is 25.0 Å². The van der Waals surface area contributed by atoms with Crippen LogP contribution in [0.25, 0.3) is 0 Å². The van der Waals surface area contributed by atoms with Crippen LogP contribution >= 0.6 is 0 Å². The maximum atomic E-state index is 13.6. The summed E-state index contributed by atoms with van der Waals surface area (Å²) in [6.45, 7) is 2.28. The average molecular weight is 485 g/mol. The van der Waals surface area contributed by atoms with E-state index in [4.69, 9.17) is 18.9 Å². The van der Waals surface area contributed by atoms with Crippen LogP contribution in [0.1, 0.15) is 19.3 Å². The van der Waals surface area contributed by atoms with E-state index < -0.39 is 28.3 Å². The fourth-order valence-corrected chi connectivity index (χ4v) is 6.36. The zero-order chi connectivity index (χ0) is 23.4. The summed E-state index contributed by atoms with van der Waals surface area (Å²) < 4.78 is 50.8. The molecule has 3 saturated heterocycles. The van der Waals surface area contributed by atoms with E-state index in [1.165, 1.54) is 23.5 Å². The van der Waals surface area contributed by atoms with Crippen LogP contribution < -0.4 is 4.74 Å². The quantitative estimate of drug-likeness (QED) is 0.632. The van der Waals surface area contributed by atoms with Crippen LogP contribution in [0.4, 0.5) is 0 Å². The summed E-state index contributed by atoms with van der Waals surface area (Å²) in [5.41, 5.74) is 0. The molecule has 11 heteroatoms. The molecular formula is C22H32N2O8S. The summed E-state index contributed by atoms with van der Waals surface area (Å²) in [6, 6.07) is 5.78. The molecule has 0 radical (unpaired) electrons. The van der Waals surface area contributed by atoms with E-state index in [9.17, 15) is 18.3 Å². The van der Waals surface area contributed by atoms with Gasteiger partial charge in [0.2, 0.25) is 15.9 Å².